The van der Waals surface area contributed by atoms with Crippen LogP contribution >= 0.6 is 0 Å². The van der Waals surface area contributed by atoms with Gasteiger partial charge in [-0.3, -0.25) is 14.3 Å². The Balaban J connectivity index is 1.38. The van der Waals surface area contributed by atoms with Crippen molar-refractivity contribution >= 4 is 39.5 Å². The Bertz CT molecular complexity index is 1350. The van der Waals surface area contributed by atoms with Gasteiger partial charge >= 0.3 is 0 Å². The molecule has 2 amide bonds. The van der Waals surface area contributed by atoms with Gasteiger partial charge in [-0.1, -0.05) is 48.5 Å². The first kappa shape index (κ1) is 20.2. The van der Waals surface area contributed by atoms with Crippen molar-refractivity contribution in [2.24, 2.45) is 0 Å². The van der Waals surface area contributed by atoms with Crippen molar-refractivity contribution in [1.29, 1.82) is 0 Å². The molecular formula is C25H20N2O4S. The Morgan fingerprint density at radius 2 is 1.75 bits per heavy atom. The van der Waals surface area contributed by atoms with Gasteiger partial charge in [0.1, 0.15) is 5.58 Å². The van der Waals surface area contributed by atoms with Crippen LogP contribution in [0, 0.1) is 0 Å². The Kier molecular flexibility index (Phi) is 5.33. The highest BCUT2D eigenvalue weighted by molar-refractivity contribution is 7.83. The van der Waals surface area contributed by atoms with Gasteiger partial charge in [0.15, 0.2) is 16.7 Å². The van der Waals surface area contributed by atoms with Gasteiger partial charge in [0.2, 0.25) is 5.91 Å². The summed E-state index contributed by atoms with van der Waals surface area (Å²) in [6, 6.07) is 23.9. The number of rotatable bonds is 5. The molecule has 0 aliphatic carbocycles. The SMILES string of the molecule is O=C(NS(=O)c1ccccc1-c1ccccc1)c1cc2ccc(N3CCCC3=O)cc2o1. The third-order valence-electron chi connectivity index (χ3n) is 5.47. The van der Waals surface area contributed by atoms with Gasteiger partial charge in [0.05, 0.1) is 4.90 Å². The van der Waals surface area contributed by atoms with Crippen LogP contribution in [0.25, 0.3) is 22.1 Å². The van der Waals surface area contributed by atoms with Crippen LogP contribution in [0.5, 0.6) is 0 Å². The average Bonchev–Trinajstić information content (AvgIpc) is 3.45. The van der Waals surface area contributed by atoms with Gasteiger partial charge in [0, 0.05) is 30.1 Å². The second-order valence-corrected chi connectivity index (χ2v) is 8.73. The first-order valence-electron chi connectivity index (χ1n) is 10.3. The maximum atomic E-state index is 13.0. The van der Waals surface area contributed by atoms with Crippen molar-refractivity contribution in [2.75, 3.05) is 11.4 Å². The van der Waals surface area contributed by atoms with E-state index in [1.54, 1.807) is 29.2 Å². The number of furan rings is 1. The number of benzene rings is 3. The summed E-state index contributed by atoms with van der Waals surface area (Å²) in [7, 11) is -1.77. The number of anilines is 1. The minimum absolute atomic E-state index is 0.0652. The van der Waals surface area contributed by atoms with Crippen LogP contribution in [0.2, 0.25) is 0 Å². The largest absolute Gasteiger partial charge is 0.451 e. The van der Waals surface area contributed by atoms with Crippen LogP contribution < -0.4 is 9.62 Å². The Hall–Kier alpha value is -3.71. The molecule has 1 N–H and O–H groups in total. The molecule has 4 aromatic rings. The third kappa shape index (κ3) is 3.83. The molecule has 1 unspecified atom stereocenters. The molecule has 1 aliphatic rings. The average molecular weight is 445 g/mol. The lowest BCUT2D eigenvalue weighted by Crippen LogP contribution is -2.25. The number of hydrogen-bond donors (Lipinski definition) is 1. The number of nitrogens with one attached hydrogen (secondary N) is 1. The predicted molar refractivity (Wildman–Crippen MR) is 124 cm³/mol. The van der Waals surface area contributed by atoms with E-state index in [-0.39, 0.29) is 11.7 Å². The first-order chi connectivity index (χ1) is 15.6. The van der Waals surface area contributed by atoms with Gasteiger partial charge in [-0.2, -0.15) is 0 Å². The molecule has 2 heterocycles. The van der Waals surface area contributed by atoms with Gasteiger partial charge in [0.25, 0.3) is 5.91 Å². The molecule has 32 heavy (non-hydrogen) atoms. The zero-order valence-corrected chi connectivity index (χ0v) is 17.9. The third-order valence-corrected chi connectivity index (χ3v) is 6.60. The lowest BCUT2D eigenvalue weighted by atomic mass is 10.1. The summed E-state index contributed by atoms with van der Waals surface area (Å²) in [5, 5.41) is 0.737. The van der Waals surface area contributed by atoms with Crippen molar-refractivity contribution in [1.82, 2.24) is 4.72 Å². The van der Waals surface area contributed by atoms with Crippen LogP contribution in [0.4, 0.5) is 5.69 Å². The van der Waals surface area contributed by atoms with Crippen molar-refractivity contribution in [3.8, 4) is 11.1 Å². The minimum Gasteiger partial charge on any atom is -0.451 e. The molecule has 160 valence electrons. The van der Waals surface area contributed by atoms with Gasteiger partial charge in [-0.15, -0.1) is 0 Å². The Labute approximate surface area is 187 Å². The topological polar surface area (TPSA) is 79.6 Å². The zero-order valence-electron chi connectivity index (χ0n) is 17.1. The monoisotopic (exact) mass is 444 g/mol. The van der Waals surface area contributed by atoms with E-state index in [0.29, 0.717) is 23.4 Å². The maximum Gasteiger partial charge on any atom is 0.298 e. The molecule has 1 saturated heterocycles. The molecule has 0 spiro atoms. The van der Waals surface area contributed by atoms with Crippen LogP contribution in [-0.2, 0) is 15.8 Å². The molecule has 1 fully saturated rings. The number of fused-ring (bicyclic) bond motifs is 1. The molecule has 5 rings (SSSR count). The van der Waals surface area contributed by atoms with Crippen LogP contribution in [0.15, 0.2) is 88.2 Å². The second kappa shape index (κ2) is 8.43. The Morgan fingerprint density at radius 1 is 0.969 bits per heavy atom. The van der Waals surface area contributed by atoms with E-state index < -0.39 is 16.9 Å². The van der Waals surface area contributed by atoms with Crippen LogP contribution in [0.3, 0.4) is 0 Å². The molecule has 7 heteroatoms. The van der Waals surface area contributed by atoms with E-state index in [9.17, 15) is 13.8 Å². The van der Waals surface area contributed by atoms with Gasteiger partial charge in [-0.25, -0.2) is 4.21 Å². The molecule has 1 atom stereocenters. The quantitative estimate of drug-likeness (QED) is 0.485. The van der Waals surface area contributed by atoms with Crippen molar-refractivity contribution < 1.29 is 18.2 Å². The zero-order chi connectivity index (χ0) is 22.1. The minimum atomic E-state index is -1.77. The summed E-state index contributed by atoms with van der Waals surface area (Å²) in [5.74, 6) is -0.419. The Morgan fingerprint density at radius 3 is 2.53 bits per heavy atom. The number of carbonyl (C=O) groups excluding carboxylic acids is 2. The normalized spacial score (nSPS) is 14.6. The molecule has 1 aromatic heterocycles. The maximum absolute atomic E-state index is 13.0. The van der Waals surface area contributed by atoms with E-state index in [1.807, 2.05) is 54.6 Å². The van der Waals surface area contributed by atoms with E-state index in [1.165, 1.54) is 0 Å². The highest BCUT2D eigenvalue weighted by Gasteiger charge is 2.23. The van der Waals surface area contributed by atoms with E-state index >= 15 is 0 Å². The van der Waals surface area contributed by atoms with Crippen molar-refractivity contribution in [3.63, 3.8) is 0 Å². The van der Waals surface area contributed by atoms with Gasteiger partial charge < -0.3 is 9.32 Å². The fourth-order valence-corrected chi connectivity index (χ4v) is 4.86. The predicted octanol–water partition coefficient (Wildman–Crippen LogP) is 4.68. The molecule has 3 aromatic carbocycles. The van der Waals surface area contributed by atoms with Crippen molar-refractivity contribution in [2.45, 2.75) is 17.7 Å². The number of nitrogens with zero attached hydrogens (tertiary/aromatic N) is 1. The lowest BCUT2D eigenvalue weighted by molar-refractivity contribution is -0.117. The highest BCUT2D eigenvalue weighted by Crippen LogP contribution is 2.29. The first-order valence-corrected chi connectivity index (χ1v) is 11.5. The molecule has 0 radical (unpaired) electrons. The molecular weight excluding hydrogens is 424 g/mol. The molecule has 0 saturated carbocycles. The summed E-state index contributed by atoms with van der Waals surface area (Å²) in [4.78, 5) is 27.0. The smallest absolute Gasteiger partial charge is 0.298 e. The van der Waals surface area contributed by atoms with Crippen LogP contribution in [0.1, 0.15) is 23.4 Å². The van der Waals surface area contributed by atoms with E-state index in [4.69, 9.17) is 4.42 Å². The fraction of sp³-hybridized carbons (Fsp3) is 0.120. The van der Waals surface area contributed by atoms with Crippen LogP contribution in [-0.4, -0.2) is 22.6 Å². The molecule has 0 bridgehead atoms. The standard InChI is InChI=1S/C25H20N2O4S/c28-24-11-6-14-27(24)19-13-12-18-15-22(31-21(18)16-19)25(29)26-32(30)23-10-5-4-9-20(23)17-7-2-1-3-8-17/h1-5,7-10,12-13,15-16H,6,11,14H2,(H,26,29). The number of carbonyl (C=O) groups is 2. The fourth-order valence-electron chi connectivity index (χ4n) is 3.89. The number of hydrogen-bond acceptors (Lipinski definition) is 4. The lowest BCUT2D eigenvalue weighted by Gasteiger charge is -2.14. The summed E-state index contributed by atoms with van der Waals surface area (Å²) in [6.45, 7) is 0.679. The highest BCUT2D eigenvalue weighted by atomic mass is 32.2. The summed E-state index contributed by atoms with van der Waals surface area (Å²) in [5.41, 5.74) is 2.96. The number of amides is 2. The molecule has 1 aliphatic heterocycles. The van der Waals surface area contributed by atoms with Crippen molar-refractivity contribution in [3.05, 3.63) is 84.6 Å². The molecule has 6 nitrogen and oxygen atoms in total. The van der Waals surface area contributed by atoms with E-state index in [2.05, 4.69) is 4.72 Å². The summed E-state index contributed by atoms with van der Waals surface area (Å²) in [6.07, 6.45) is 1.37. The summed E-state index contributed by atoms with van der Waals surface area (Å²) >= 11 is 0. The van der Waals surface area contributed by atoms with E-state index in [0.717, 1.165) is 28.6 Å². The van der Waals surface area contributed by atoms with Gasteiger partial charge in [-0.05, 0) is 41.8 Å². The summed E-state index contributed by atoms with van der Waals surface area (Å²) < 4.78 is 21.3. The second-order valence-electron chi connectivity index (χ2n) is 7.54.